The standard InChI is InChI=1S/C18H20N4.ClH/c1-3-12-19-17-14-9-5-7-11-16(14)21-18(22-17)20-15-10-6-4-8-13(15)2;/h4-11H,3,12H2,1-2H3,(H2,19,20,21,22);1H. The van der Waals surface area contributed by atoms with Crippen LogP contribution in [0.2, 0.25) is 0 Å². The van der Waals surface area contributed by atoms with Gasteiger partial charge in [-0.1, -0.05) is 37.3 Å². The summed E-state index contributed by atoms with van der Waals surface area (Å²) in [5.41, 5.74) is 3.13. The van der Waals surface area contributed by atoms with E-state index in [1.54, 1.807) is 0 Å². The number of halogens is 1. The SMILES string of the molecule is CCCNc1nc(Nc2ccccc2C)nc2ccccc12.Cl. The van der Waals surface area contributed by atoms with E-state index in [9.17, 15) is 0 Å². The van der Waals surface area contributed by atoms with Gasteiger partial charge >= 0.3 is 0 Å². The average Bonchev–Trinajstić information content (AvgIpc) is 2.55. The van der Waals surface area contributed by atoms with Gasteiger partial charge in [-0.15, -0.1) is 12.4 Å². The van der Waals surface area contributed by atoms with E-state index < -0.39 is 0 Å². The van der Waals surface area contributed by atoms with Crippen LogP contribution >= 0.6 is 12.4 Å². The minimum atomic E-state index is 0. The molecule has 1 heterocycles. The lowest BCUT2D eigenvalue weighted by atomic mass is 10.2. The first-order chi connectivity index (χ1) is 10.8. The van der Waals surface area contributed by atoms with Crippen LogP contribution in [0.4, 0.5) is 17.5 Å². The highest BCUT2D eigenvalue weighted by Crippen LogP contribution is 2.24. The first-order valence-corrected chi connectivity index (χ1v) is 7.61. The zero-order chi connectivity index (χ0) is 15.4. The third-order valence-electron chi connectivity index (χ3n) is 3.54. The van der Waals surface area contributed by atoms with E-state index >= 15 is 0 Å². The molecule has 0 bridgehead atoms. The van der Waals surface area contributed by atoms with Gasteiger partial charge in [0.05, 0.1) is 5.52 Å². The van der Waals surface area contributed by atoms with Gasteiger partial charge in [-0.2, -0.15) is 4.98 Å². The molecule has 0 amide bonds. The predicted molar refractivity (Wildman–Crippen MR) is 100 cm³/mol. The van der Waals surface area contributed by atoms with Crippen LogP contribution in [-0.2, 0) is 0 Å². The van der Waals surface area contributed by atoms with Crippen molar-refractivity contribution in [1.82, 2.24) is 9.97 Å². The summed E-state index contributed by atoms with van der Waals surface area (Å²) in [5.74, 6) is 1.50. The Morgan fingerprint density at radius 1 is 0.957 bits per heavy atom. The molecule has 23 heavy (non-hydrogen) atoms. The average molecular weight is 329 g/mol. The van der Waals surface area contributed by atoms with E-state index in [1.165, 1.54) is 5.56 Å². The normalized spacial score (nSPS) is 10.2. The second kappa shape index (κ2) is 7.79. The summed E-state index contributed by atoms with van der Waals surface area (Å²) in [6, 6.07) is 16.2. The summed E-state index contributed by atoms with van der Waals surface area (Å²) in [6.45, 7) is 5.10. The molecule has 0 fully saturated rings. The molecule has 0 atom stereocenters. The van der Waals surface area contributed by atoms with Crippen molar-refractivity contribution in [1.29, 1.82) is 0 Å². The van der Waals surface area contributed by atoms with Crippen LogP contribution < -0.4 is 10.6 Å². The van der Waals surface area contributed by atoms with Gasteiger partial charge < -0.3 is 10.6 Å². The Morgan fingerprint density at radius 3 is 2.48 bits per heavy atom. The lowest BCUT2D eigenvalue weighted by Crippen LogP contribution is -2.06. The summed E-state index contributed by atoms with van der Waals surface area (Å²) in [4.78, 5) is 9.26. The van der Waals surface area contributed by atoms with Crippen molar-refractivity contribution in [2.24, 2.45) is 0 Å². The predicted octanol–water partition coefficient (Wildman–Crippen LogP) is 4.93. The Balaban J connectivity index is 0.00000192. The largest absolute Gasteiger partial charge is 0.369 e. The molecule has 5 heteroatoms. The number of aromatic nitrogens is 2. The molecule has 0 unspecified atom stereocenters. The molecule has 0 spiro atoms. The number of fused-ring (bicyclic) bond motifs is 1. The highest BCUT2D eigenvalue weighted by Gasteiger charge is 2.08. The maximum atomic E-state index is 4.64. The molecular weight excluding hydrogens is 308 g/mol. The molecular formula is C18H21ClN4. The third kappa shape index (κ3) is 3.90. The number of hydrogen-bond donors (Lipinski definition) is 2. The molecule has 0 saturated heterocycles. The quantitative estimate of drug-likeness (QED) is 0.697. The number of para-hydroxylation sites is 2. The van der Waals surface area contributed by atoms with Crippen molar-refractivity contribution in [3.8, 4) is 0 Å². The van der Waals surface area contributed by atoms with Crippen molar-refractivity contribution in [2.75, 3.05) is 17.2 Å². The monoisotopic (exact) mass is 328 g/mol. The second-order valence-corrected chi connectivity index (χ2v) is 5.28. The van der Waals surface area contributed by atoms with E-state index in [2.05, 4.69) is 40.5 Å². The van der Waals surface area contributed by atoms with Crippen molar-refractivity contribution >= 4 is 40.8 Å². The summed E-state index contributed by atoms with van der Waals surface area (Å²) < 4.78 is 0. The molecule has 4 nitrogen and oxygen atoms in total. The van der Waals surface area contributed by atoms with Crippen LogP contribution in [0.1, 0.15) is 18.9 Å². The van der Waals surface area contributed by atoms with Gasteiger partial charge in [0.2, 0.25) is 5.95 Å². The Bertz CT molecular complexity index is 789. The lowest BCUT2D eigenvalue weighted by Gasteiger charge is -2.12. The van der Waals surface area contributed by atoms with E-state index in [1.807, 2.05) is 42.5 Å². The van der Waals surface area contributed by atoms with Crippen LogP contribution in [-0.4, -0.2) is 16.5 Å². The number of nitrogens with one attached hydrogen (secondary N) is 2. The van der Waals surface area contributed by atoms with E-state index in [0.29, 0.717) is 5.95 Å². The highest BCUT2D eigenvalue weighted by molar-refractivity contribution is 5.90. The third-order valence-corrected chi connectivity index (χ3v) is 3.54. The number of hydrogen-bond acceptors (Lipinski definition) is 4. The van der Waals surface area contributed by atoms with Crippen molar-refractivity contribution in [3.05, 3.63) is 54.1 Å². The van der Waals surface area contributed by atoms with Crippen molar-refractivity contribution in [3.63, 3.8) is 0 Å². The van der Waals surface area contributed by atoms with Crippen LogP contribution in [0.3, 0.4) is 0 Å². The molecule has 0 aliphatic carbocycles. The summed E-state index contributed by atoms with van der Waals surface area (Å²) in [5, 5.41) is 7.75. The van der Waals surface area contributed by atoms with Crippen molar-refractivity contribution < 1.29 is 0 Å². The molecule has 1 aromatic heterocycles. The Kier molecular flexibility index (Phi) is 5.77. The second-order valence-electron chi connectivity index (χ2n) is 5.28. The molecule has 3 aromatic rings. The number of nitrogens with zero attached hydrogens (tertiary/aromatic N) is 2. The zero-order valence-electron chi connectivity index (χ0n) is 13.3. The van der Waals surface area contributed by atoms with Crippen LogP contribution in [0.15, 0.2) is 48.5 Å². The Morgan fingerprint density at radius 2 is 1.70 bits per heavy atom. The fraction of sp³-hybridized carbons (Fsp3) is 0.222. The molecule has 0 aliphatic heterocycles. The molecule has 2 N–H and O–H groups in total. The van der Waals surface area contributed by atoms with Crippen LogP contribution in [0.25, 0.3) is 10.9 Å². The fourth-order valence-electron chi connectivity index (χ4n) is 2.34. The first kappa shape index (κ1) is 17.0. The number of rotatable bonds is 5. The van der Waals surface area contributed by atoms with E-state index in [-0.39, 0.29) is 12.4 Å². The molecule has 3 rings (SSSR count). The van der Waals surface area contributed by atoms with Gasteiger partial charge in [0.15, 0.2) is 0 Å². The minimum Gasteiger partial charge on any atom is -0.369 e. The number of anilines is 3. The van der Waals surface area contributed by atoms with Gasteiger partial charge in [-0.3, -0.25) is 0 Å². The molecule has 0 radical (unpaired) electrons. The number of aryl methyl sites for hydroxylation is 1. The zero-order valence-corrected chi connectivity index (χ0v) is 14.2. The van der Waals surface area contributed by atoms with Gasteiger partial charge in [-0.25, -0.2) is 4.98 Å². The van der Waals surface area contributed by atoms with Crippen molar-refractivity contribution in [2.45, 2.75) is 20.3 Å². The van der Waals surface area contributed by atoms with E-state index in [4.69, 9.17) is 0 Å². The molecule has 0 aliphatic rings. The molecule has 120 valence electrons. The van der Waals surface area contributed by atoms with Gasteiger partial charge in [-0.05, 0) is 37.1 Å². The molecule has 0 saturated carbocycles. The van der Waals surface area contributed by atoms with Crippen LogP contribution in [0.5, 0.6) is 0 Å². The Labute approximate surface area is 142 Å². The molecule has 2 aromatic carbocycles. The maximum Gasteiger partial charge on any atom is 0.229 e. The highest BCUT2D eigenvalue weighted by atomic mass is 35.5. The topological polar surface area (TPSA) is 49.8 Å². The minimum absolute atomic E-state index is 0. The smallest absolute Gasteiger partial charge is 0.229 e. The van der Waals surface area contributed by atoms with Gasteiger partial charge in [0, 0.05) is 17.6 Å². The summed E-state index contributed by atoms with van der Waals surface area (Å²) in [6.07, 6.45) is 1.05. The Hall–Kier alpha value is -2.33. The number of benzene rings is 2. The summed E-state index contributed by atoms with van der Waals surface area (Å²) >= 11 is 0. The summed E-state index contributed by atoms with van der Waals surface area (Å²) in [7, 11) is 0. The first-order valence-electron chi connectivity index (χ1n) is 7.61. The van der Waals surface area contributed by atoms with Gasteiger partial charge in [0.25, 0.3) is 0 Å². The van der Waals surface area contributed by atoms with Gasteiger partial charge in [0.1, 0.15) is 5.82 Å². The van der Waals surface area contributed by atoms with E-state index in [0.717, 1.165) is 35.4 Å². The fourth-order valence-corrected chi connectivity index (χ4v) is 2.34. The van der Waals surface area contributed by atoms with Crippen LogP contribution in [0, 0.1) is 6.92 Å². The maximum absolute atomic E-state index is 4.64. The lowest BCUT2D eigenvalue weighted by molar-refractivity contribution is 0.970.